The summed E-state index contributed by atoms with van der Waals surface area (Å²) in [6, 6.07) is 8.33. The highest BCUT2D eigenvalue weighted by molar-refractivity contribution is 5.85. The first-order chi connectivity index (χ1) is 9.84. The monoisotopic (exact) mass is 310 g/mol. The van der Waals surface area contributed by atoms with Crippen LogP contribution in [0.25, 0.3) is 0 Å². The molecule has 1 atom stereocenters. The molecule has 1 N–H and O–H groups in total. The Morgan fingerprint density at radius 2 is 2.14 bits per heavy atom. The fourth-order valence-electron chi connectivity index (χ4n) is 3.03. The fourth-order valence-corrected chi connectivity index (χ4v) is 3.03. The number of ether oxygens (including phenoxy) is 1. The average Bonchev–Trinajstić information content (AvgIpc) is 2.77. The summed E-state index contributed by atoms with van der Waals surface area (Å²) in [6.45, 7) is 4.30. The minimum atomic E-state index is -0.0661. The number of halogens is 1. The number of carbonyl (C=O) groups excluding carboxylic acids is 1. The van der Waals surface area contributed by atoms with Crippen LogP contribution in [0, 0.1) is 0 Å². The summed E-state index contributed by atoms with van der Waals surface area (Å²) in [6.07, 6.45) is 2.39. The Morgan fingerprint density at radius 3 is 3.05 bits per heavy atom. The molecule has 1 aromatic rings. The number of carbonyl (C=O) groups is 1. The fraction of sp³-hybridized carbons (Fsp3) is 0.562. The van der Waals surface area contributed by atoms with Crippen molar-refractivity contribution in [1.82, 2.24) is 10.2 Å². The Bertz CT molecular complexity index is 473. The largest absolute Gasteiger partial charge is 0.373 e. The number of nitrogens with zero attached hydrogens (tertiary/aromatic N) is 1. The lowest BCUT2D eigenvalue weighted by Gasteiger charge is -2.28. The third kappa shape index (κ3) is 3.96. The van der Waals surface area contributed by atoms with E-state index in [-0.39, 0.29) is 24.4 Å². The molecule has 2 aliphatic heterocycles. The second kappa shape index (κ2) is 7.78. The van der Waals surface area contributed by atoms with E-state index in [0.29, 0.717) is 6.42 Å². The molecule has 1 aromatic carbocycles. The molecule has 21 heavy (non-hydrogen) atoms. The van der Waals surface area contributed by atoms with E-state index in [0.717, 1.165) is 45.6 Å². The normalized spacial score (nSPS) is 21.9. The first-order valence-corrected chi connectivity index (χ1v) is 7.52. The van der Waals surface area contributed by atoms with Crippen molar-refractivity contribution in [2.75, 3.05) is 32.8 Å². The van der Waals surface area contributed by atoms with Crippen molar-refractivity contribution in [2.45, 2.75) is 25.4 Å². The van der Waals surface area contributed by atoms with Gasteiger partial charge in [-0.15, -0.1) is 12.4 Å². The SMILES string of the molecule is Cl.O=C(CC1OCCc2ccccc21)N1CCCNCC1. The maximum Gasteiger partial charge on any atom is 0.225 e. The van der Waals surface area contributed by atoms with Gasteiger partial charge in [-0.1, -0.05) is 24.3 Å². The lowest BCUT2D eigenvalue weighted by molar-refractivity contribution is -0.134. The van der Waals surface area contributed by atoms with Gasteiger partial charge in [-0.05, 0) is 30.5 Å². The predicted molar refractivity (Wildman–Crippen MR) is 84.8 cm³/mol. The molecule has 2 aliphatic rings. The number of nitrogens with one attached hydrogen (secondary N) is 1. The minimum absolute atomic E-state index is 0. The highest BCUT2D eigenvalue weighted by Crippen LogP contribution is 2.29. The molecule has 0 aromatic heterocycles. The van der Waals surface area contributed by atoms with Crippen LogP contribution >= 0.6 is 12.4 Å². The summed E-state index contributed by atoms with van der Waals surface area (Å²) in [4.78, 5) is 14.4. The van der Waals surface area contributed by atoms with Gasteiger partial charge in [0.15, 0.2) is 0 Å². The maximum atomic E-state index is 12.4. The Morgan fingerprint density at radius 1 is 1.29 bits per heavy atom. The van der Waals surface area contributed by atoms with Crippen molar-refractivity contribution in [1.29, 1.82) is 0 Å². The van der Waals surface area contributed by atoms with E-state index in [1.54, 1.807) is 0 Å². The van der Waals surface area contributed by atoms with Crippen molar-refractivity contribution >= 4 is 18.3 Å². The van der Waals surface area contributed by atoms with E-state index >= 15 is 0 Å². The molecular formula is C16H23ClN2O2. The molecule has 116 valence electrons. The van der Waals surface area contributed by atoms with Gasteiger partial charge in [0.1, 0.15) is 0 Å². The smallest absolute Gasteiger partial charge is 0.225 e. The molecule has 0 bridgehead atoms. The van der Waals surface area contributed by atoms with Gasteiger partial charge < -0.3 is 15.0 Å². The molecule has 5 heteroatoms. The lowest BCUT2D eigenvalue weighted by atomic mass is 9.95. The lowest BCUT2D eigenvalue weighted by Crippen LogP contribution is -2.35. The molecule has 0 saturated carbocycles. The van der Waals surface area contributed by atoms with Gasteiger partial charge in [-0.25, -0.2) is 0 Å². The van der Waals surface area contributed by atoms with Crippen LogP contribution in [-0.2, 0) is 16.0 Å². The van der Waals surface area contributed by atoms with Crippen molar-refractivity contribution in [3.8, 4) is 0 Å². The average molecular weight is 311 g/mol. The topological polar surface area (TPSA) is 41.6 Å². The Labute approximate surface area is 132 Å². The first kappa shape index (κ1) is 16.3. The summed E-state index contributed by atoms with van der Waals surface area (Å²) in [5.74, 6) is 0.218. The van der Waals surface area contributed by atoms with Crippen molar-refractivity contribution < 1.29 is 9.53 Å². The van der Waals surface area contributed by atoms with E-state index in [2.05, 4.69) is 23.5 Å². The molecule has 1 fully saturated rings. The van der Waals surface area contributed by atoms with Crippen LogP contribution in [-0.4, -0.2) is 43.6 Å². The van der Waals surface area contributed by atoms with Crippen LogP contribution in [0.2, 0.25) is 0 Å². The van der Waals surface area contributed by atoms with Crippen molar-refractivity contribution in [3.63, 3.8) is 0 Å². The minimum Gasteiger partial charge on any atom is -0.373 e. The van der Waals surface area contributed by atoms with Gasteiger partial charge >= 0.3 is 0 Å². The van der Waals surface area contributed by atoms with Crippen LogP contribution in [0.15, 0.2) is 24.3 Å². The molecule has 0 aliphatic carbocycles. The number of amides is 1. The number of rotatable bonds is 2. The second-order valence-electron chi connectivity index (χ2n) is 5.50. The first-order valence-electron chi connectivity index (χ1n) is 7.52. The maximum absolute atomic E-state index is 12.4. The molecule has 1 saturated heterocycles. The zero-order chi connectivity index (χ0) is 13.8. The molecule has 3 rings (SSSR count). The van der Waals surface area contributed by atoms with Crippen LogP contribution in [0.3, 0.4) is 0 Å². The summed E-state index contributed by atoms with van der Waals surface area (Å²) >= 11 is 0. The van der Waals surface area contributed by atoms with Gasteiger partial charge in [0.05, 0.1) is 19.1 Å². The van der Waals surface area contributed by atoms with E-state index in [1.165, 1.54) is 11.1 Å². The molecule has 1 unspecified atom stereocenters. The van der Waals surface area contributed by atoms with Crippen molar-refractivity contribution in [2.24, 2.45) is 0 Å². The predicted octanol–water partition coefficient (Wildman–Crippen LogP) is 1.93. The molecule has 0 spiro atoms. The van der Waals surface area contributed by atoms with Crippen LogP contribution < -0.4 is 5.32 Å². The van der Waals surface area contributed by atoms with Gasteiger partial charge in [-0.3, -0.25) is 4.79 Å². The van der Waals surface area contributed by atoms with Gasteiger partial charge in [0, 0.05) is 19.6 Å². The summed E-state index contributed by atoms with van der Waals surface area (Å²) in [7, 11) is 0. The molecule has 4 nitrogen and oxygen atoms in total. The number of hydrogen-bond donors (Lipinski definition) is 1. The molecule has 0 radical (unpaired) electrons. The quantitative estimate of drug-likeness (QED) is 0.907. The van der Waals surface area contributed by atoms with E-state index in [4.69, 9.17) is 4.74 Å². The molecular weight excluding hydrogens is 288 g/mol. The zero-order valence-corrected chi connectivity index (χ0v) is 13.0. The summed E-state index contributed by atoms with van der Waals surface area (Å²) in [5, 5.41) is 3.33. The van der Waals surface area contributed by atoms with Crippen LogP contribution in [0.4, 0.5) is 0 Å². The molecule has 1 amide bonds. The van der Waals surface area contributed by atoms with E-state index in [1.807, 2.05) is 11.0 Å². The Balaban J connectivity index is 0.00000161. The third-order valence-corrected chi connectivity index (χ3v) is 4.15. The van der Waals surface area contributed by atoms with Gasteiger partial charge in [0.25, 0.3) is 0 Å². The van der Waals surface area contributed by atoms with Crippen LogP contribution in [0.5, 0.6) is 0 Å². The number of benzene rings is 1. The number of hydrogen-bond acceptors (Lipinski definition) is 3. The van der Waals surface area contributed by atoms with E-state index in [9.17, 15) is 4.79 Å². The standard InChI is InChI=1S/C16H22N2O2.ClH/c19-16(18-9-3-7-17-8-10-18)12-15-14-5-2-1-4-13(14)6-11-20-15;/h1-2,4-5,15,17H,3,6-12H2;1H. The highest BCUT2D eigenvalue weighted by atomic mass is 35.5. The number of fused-ring (bicyclic) bond motifs is 1. The van der Waals surface area contributed by atoms with E-state index < -0.39 is 0 Å². The third-order valence-electron chi connectivity index (χ3n) is 4.15. The van der Waals surface area contributed by atoms with Crippen molar-refractivity contribution in [3.05, 3.63) is 35.4 Å². The Kier molecular flexibility index (Phi) is 6.03. The molecule has 2 heterocycles. The van der Waals surface area contributed by atoms with Crippen LogP contribution in [0.1, 0.15) is 30.1 Å². The summed E-state index contributed by atoms with van der Waals surface area (Å²) < 4.78 is 5.83. The summed E-state index contributed by atoms with van der Waals surface area (Å²) in [5.41, 5.74) is 2.52. The second-order valence-corrected chi connectivity index (χ2v) is 5.50. The highest BCUT2D eigenvalue weighted by Gasteiger charge is 2.25. The van der Waals surface area contributed by atoms with Gasteiger partial charge in [-0.2, -0.15) is 0 Å². The van der Waals surface area contributed by atoms with Gasteiger partial charge in [0.2, 0.25) is 5.91 Å². The zero-order valence-electron chi connectivity index (χ0n) is 12.2. The Hall–Kier alpha value is -1.10.